The number of nitrogens with zero attached hydrogens (tertiary/aromatic N) is 1. The fourth-order valence-electron chi connectivity index (χ4n) is 2.35. The number of ether oxygens (including phenoxy) is 2. The minimum atomic E-state index is -0.526. The van der Waals surface area contributed by atoms with E-state index in [1.54, 1.807) is 0 Å². The zero-order chi connectivity index (χ0) is 16.9. The van der Waals surface area contributed by atoms with Gasteiger partial charge in [0.2, 0.25) is 0 Å². The molecule has 0 N–H and O–H groups in total. The molecule has 1 aliphatic carbocycles. The SMILES string of the molecule is O=C(OC1CCC1)c1ccc([N+](=O)[O-])c(OCc2ccccc2)c1. The molecule has 0 bridgehead atoms. The van der Waals surface area contributed by atoms with Gasteiger partial charge in [0, 0.05) is 12.1 Å². The Balaban J connectivity index is 1.77. The lowest BCUT2D eigenvalue weighted by molar-refractivity contribution is -0.385. The van der Waals surface area contributed by atoms with Crippen LogP contribution in [0.25, 0.3) is 0 Å². The van der Waals surface area contributed by atoms with Crippen molar-refractivity contribution < 1.29 is 19.2 Å². The fraction of sp³-hybridized carbons (Fsp3) is 0.278. The van der Waals surface area contributed by atoms with Gasteiger partial charge in [0.15, 0.2) is 5.75 Å². The first-order valence-electron chi connectivity index (χ1n) is 7.79. The number of benzene rings is 2. The predicted octanol–water partition coefficient (Wildman–Crippen LogP) is 3.88. The van der Waals surface area contributed by atoms with E-state index in [9.17, 15) is 14.9 Å². The van der Waals surface area contributed by atoms with Crippen molar-refractivity contribution in [1.29, 1.82) is 0 Å². The number of carbonyl (C=O) groups is 1. The smallest absolute Gasteiger partial charge is 0.338 e. The Morgan fingerprint density at radius 2 is 1.92 bits per heavy atom. The zero-order valence-electron chi connectivity index (χ0n) is 13.0. The first-order valence-corrected chi connectivity index (χ1v) is 7.79. The molecule has 1 saturated carbocycles. The van der Waals surface area contributed by atoms with Crippen molar-refractivity contribution in [3.63, 3.8) is 0 Å². The monoisotopic (exact) mass is 327 g/mol. The predicted molar refractivity (Wildman–Crippen MR) is 86.9 cm³/mol. The van der Waals surface area contributed by atoms with Gasteiger partial charge >= 0.3 is 11.7 Å². The Hall–Kier alpha value is -2.89. The summed E-state index contributed by atoms with van der Waals surface area (Å²) in [5, 5.41) is 11.2. The molecule has 0 heterocycles. The molecule has 0 spiro atoms. The van der Waals surface area contributed by atoms with Gasteiger partial charge in [-0.1, -0.05) is 30.3 Å². The molecule has 0 radical (unpaired) electrons. The average Bonchev–Trinajstić information content (AvgIpc) is 2.56. The van der Waals surface area contributed by atoms with Crippen LogP contribution < -0.4 is 4.74 Å². The van der Waals surface area contributed by atoms with Gasteiger partial charge in [-0.2, -0.15) is 0 Å². The van der Waals surface area contributed by atoms with Crippen LogP contribution in [-0.4, -0.2) is 17.0 Å². The number of esters is 1. The highest BCUT2D eigenvalue weighted by atomic mass is 16.6. The quantitative estimate of drug-likeness (QED) is 0.457. The summed E-state index contributed by atoms with van der Waals surface area (Å²) in [7, 11) is 0. The molecule has 0 aliphatic heterocycles. The second kappa shape index (κ2) is 7.12. The van der Waals surface area contributed by atoms with Crippen LogP contribution >= 0.6 is 0 Å². The Labute approximate surface area is 139 Å². The van der Waals surface area contributed by atoms with Crippen molar-refractivity contribution in [3.8, 4) is 5.75 Å². The lowest BCUT2D eigenvalue weighted by Crippen LogP contribution is -2.25. The normalized spacial score (nSPS) is 13.8. The lowest BCUT2D eigenvalue weighted by atomic mass is 9.96. The molecule has 2 aromatic carbocycles. The van der Waals surface area contributed by atoms with Gasteiger partial charge in [-0.05, 0) is 30.9 Å². The van der Waals surface area contributed by atoms with Crippen LogP contribution in [0.4, 0.5) is 5.69 Å². The van der Waals surface area contributed by atoms with E-state index < -0.39 is 10.9 Å². The molecule has 24 heavy (non-hydrogen) atoms. The van der Waals surface area contributed by atoms with Crippen molar-refractivity contribution in [1.82, 2.24) is 0 Å². The van der Waals surface area contributed by atoms with Crippen molar-refractivity contribution in [2.45, 2.75) is 32.0 Å². The van der Waals surface area contributed by atoms with E-state index in [4.69, 9.17) is 9.47 Å². The molecule has 1 aliphatic rings. The van der Waals surface area contributed by atoms with Crippen LogP contribution in [0, 0.1) is 10.1 Å². The standard InChI is InChI=1S/C18H17NO5/c20-18(24-15-7-4-8-15)14-9-10-16(19(21)22)17(11-14)23-12-13-5-2-1-3-6-13/h1-3,5-6,9-11,15H,4,7-8,12H2. The first kappa shape index (κ1) is 16.0. The molecule has 0 unspecified atom stereocenters. The molecule has 1 fully saturated rings. The van der Waals surface area contributed by atoms with Gasteiger partial charge in [-0.3, -0.25) is 10.1 Å². The molecule has 124 valence electrons. The molecular weight excluding hydrogens is 310 g/mol. The largest absolute Gasteiger partial charge is 0.482 e. The number of rotatable bonds is 6. The van der Waals surface area contributed by atoms with Crippen molar-refractivity contribution in [3.05, 3.63) is 69.8 Å². The maximum atomic E-state index is 12.1. The summed E-state index contributed by atoms with van der Waals surface area (Å²) in [6.07, 6.45) is 2.76. The van der Waals surface area contributed by atoms with Gasteiger partial charge in [-0.15, -0.1) is 0 Å². The topological polar surface area (TPSA) is 78.7 Å². The molecule has 3 rings (SSSR count). The lowest BCUT2D eigenvalue weighted by Gasteiger charge is -2.25. The van der Waals surface area contributed by atoms with Gasteiger partial charge < -0.3 is 9.47 Å². The fourth-order valence-corrected chi connectivity index (χ4v) is 2.35. The summed E-state index contributed by atoms with van der Waals surface area (Å²) >= 11 is 0. The minimum absolute atomic E-state index is 0.0404. The summed E-state index contributed by atoms with van der Waals surface area (Å²) in [5.41, 5.74) is 0.968. The number of hydrogen-bond acceptors (Lipinski definition) is 5. The van der Waals surface area contributed by atoms with Crippen LogP contribution in [0.15, 0.2) is 48.5 Å². The van der Waals surface area contributed by atoms with E-state index >= 15 is 0 Å². The van der Waals surface area contributed by atoms with Crippen LogP contribution in [0.2, 0.25) is 0 Å². The summed E-state index contributed by atoms with van der Waals surface area (Å²) in [6, 6.07) is 13.4. The molecule has 0 aromatic heterocycles. The molecule has 0 saturated heterocycles. The second-order valence-corrected chi connectivity index (χ2v) is 5.67. The Morgan fingerprint density at radius 3 is 2.54 bits per heavy atom. The Morgan fingerprint density at radius 1 is 1.17 bits per heavy atom. The van der Waals surface area contributed by atoms with Crippen LogP contribution in [-0.2, 0) is 11.3 Å². The summed E-state index contributed by atoms with van der Waals surface area (Å²) < 4.78 is 10.9. The van der Waals surface area contributed by atoms with E-state index in [1.807, 2.05) is 30.3 Å². The molecular formula is C18H17NO5. The highest BCUT2D eigenvalue weighted by molar-refractivity contribution is 5.90. The minimum Gasteiger partial charge on any atom is -0.482 e. The molecule has 6 nitrogen and oxygen atoms in total. The Bertz CT molecular complexity index is 740. The zero-order valence-corrected chi connectivity index (χ0v) is 13.0. The second-order valence-electron chi connectivity index (χ2n) is 5.67. The van der Waals surface area contributed by atoms with Gasteiger partial charge in [0.1, 0.15) is 12.7 Å². The van der Waals surface area contributed by atoms with E-state index in [-0.39, 0.29) is 29.7 Å². The van der Waals surface area contributed by atoms with Crippen LogP contribution in [0.3, 0.4) is 0 Å². The van der Waals surface area contributed by atoms with Crippen LogP contribution in [0.1, 0.15) is 35.2 Å². The number of carbonyl (C=O) groups excluding carboxylic acids is 1. The molecule has 0 atom stereocenters. The number of nitro benzene ring substituents is 1. The van der Waals surface area contributed by atoms with Crippen molar-refractivity contribution in [2.24, 2.45) is 0 Å². The van der Waals surface area contributed by atoms with E-state index in [1.165, 1.54) is 18.2 Å². The molecule has 6 heteroatoms. The van der Waals surface area contributed by atoms with E-state index in [2.05, 4.69) is 0 Å². The van der Waals surface area contributed by atoms with Gasteiger partial charge in [0.05, 0.1) is 10.5 Å². The van der Waals surface area contributed by atoms with E-state index in [0.29, 0.717) is 0 Å². The average molecular weight is 327 g/mol. The molecule has 2 aromatic rings. The summed E-state index contributed by atoms with van der Waals surface area (Å²) in [5.74, 6) is -0.411. The highest BCUT2D eigenvalue weighted by Gasteiger charge is 2.24. The maximum Gasteiger partial charge on any atom is 0.338 e. The van der Waals surface area contributed by atoms with Gasteiger partial charge in [-0.25, -0.2) is 4.79 Å². The third-order valence-electron chi connectivity index (χ3n) is 3.96. The highest BCUT2D eigenvalue weighted by Crippen LogP contribution is 2.30. The molecule has 0 amide bonds. The Kier molecular flexibility index (Phi) is 4.74. The van der Waals surface area contributed by atoms with E-state index in [0.717, 1.165) is 24.8 Å². The maximum absolute atomic E-state index is 12.1. The third-order valence-corrected chi connectivity index (χ3v) is 3.96. The first-order chi connectivity index (χ1) is 11.6. The third kappa shape index (κ3) is 3.71. The number of hydrogen-bond donors (Lipinski definition) is 0. The summed E-state index contributed by atoms with van der Waals surface area (Å²) in [4.78, 5) is 22.7. The number of nitro groups is 1. The van der Waals surface area contributed by atoms with Crippen molar-refractivity contribution in [2.75, 3.05) is 0 Å². The van der Waals surface area contributed by atoms with Crippen molar-refractivity contribution >= 4 is 11.7 Å². The summed E-state index contributed by atoms with van der Waals surface area (Å²) in [6.45, 7) is 0.183. The van der Waals surface area contributed by atoms with Gasteiger partial charge in [0.25, 0.3) is 0 Å². The van der Waals surface area contributed by atoms with Crippen LogP contribution in [0.5, 0.6) is 5.75 Å².